The molecular formula is C6H9N3O2S. The Kier molecular flexibility index (Phi) is 3.12. The van der Waals surface area contributed by atoms with Crippen molar-refractivity contribution in [3.05, 3.63) is 11.1 Å². The average Bonchev–Trinajstić information content (AvgIpc) is 2.55. The lowest BCUT2D eigenvalue weighted by Crippen LogP contribution is -2.28. The molecular weight excluding hydrogens is 178 g/mol. The van der Waals surface area contributed by atoms with E-state index in [0.717, 1.165) is 11.5 Å². The molecule has 0 aliphatic rings. The quantitative estimate of drug-likeness (QED) is 0.699. The van der Waals surface area contributed by atoms with E-state index in [2.05, 4.69) is 9.59 Å². The summed E-state index contributed by atoms with van der Waals surface area (Å²) < 4.78 is 3.57. The van der Waals surface area contributed by atoms with Gasteiger partial charge in [0.05, 0.1) is 12.8 Å². The molecule has 0 atom stereocenters. The van der Waals surface area contributed by atoms with E-state index in [0.29, 0.717) is 11.4 Å². The summed E-state index contributed by atoms with van der Waals surface area (Å²) in [6, 6.07) is 0. The molecule has 66 valence electrons. The Morgan fingerprint density at radius 1 is 1.83 bits per heavy atom. The van der Waals surface area contributed by atoms with Gasteiger partial charge < -0.3 is 10.0 Å². The fourth-order valence-corrected chi connectivity index (χ4v) is 1.21. The second-order valence-electron chi connectivity index (χ2n) is 2.23. The van der Waals surface area contributed by atoms with E-state index in [-0.39, 0.29) is 12.5 Å². The summed E-state index contributed by atoms with van der Waals surface area (Å²) in [7, 11) is 1.62. The first kappa shape index (κ1) is 9.08. The van der Waals surface area contributed by atoms with E-state index in [4.69, 9.17) is 5.11 Å². The fourth-order valence-electron chi connectivity index (χ4n) is 0.701. The van der Waals surface area contributed by atoms with E-state index < -0.39 is 0 Å². The van der Waals surface area contributed by atoms with Crippen molar-refractivity contribution in [2.45, 2.75) is 0 Å². The van der Waals surface area contributed by atoms with Crippen LogP contribution in [0.5, 0.6) is 0 Å². The van der Waals surface area contributed by atoms with Gasteiger partial charge in [-0.15, -0.1) is 5.10 Å². The zero-order valence-electron chi connectivity index (χ0n) is 6.60. The molecule has 0 fully saturated rings. The third-order valence-electron chi connectivity index (χ3n) is 1.35. The third kappa shape index (κ3) is 1.99. The van der Waals surface area contributed by atoms with Gasteiger partial charge in [0.25, 0.3) is 5.91 Å². The summed E-state index contributed by atoms with van der Waals surface area (Å²) in [6.07, 6.45) is 1.42. The lowest BCUT2D eigenvalue weighted by atomic mass is 10.4. The molecule has 1 rings (SSSR count). The van der Waals surface area contributed by atoms with Crippen LogP contribution in [-0.4, -0.2) is 45.7 Å². The van der Waals surface area contributed by atoms with Gasteiger partial charge in [-0.25, -0.2) is 0 Å². The van der Waals surface area contributed by atoms with Crippen LogP contribution in [-0.2, 0) is 0 Å². The molecule has 1 amide bonds. The molecule has 0 radical (unpaired) electrons. The topological polar surface area (TPSA) is 66.3 Å². The number of carbonyl (C=O) groups excluding carboxylic acids is 1. The van der Waals surface area contributed by atoms with E-state index in [1.54, 1.807) is 7.05 Å². The van der Waals surface area contributed by atoms with Gasteiger partial charge in [-0.3, -0.25) is 4.79 Å². The van der Waals surface area contributed by atoms with E-state index in [9.17, 15) is 4.79 Å². The SMILES string of the molecule is CN(CCO)C(=O)c1cnns1. The van der Waals surface area contributed by atoms with Crippen molar-refractivity contribution in [3.8, 4) is 0 Å². The van der Waals surface area contributed by atoms with Crippen LogP contribution in [0.15, 0.2) is 6.20 Å². The lowest BCUT2D eigenvalue weighted by molar-refractivity contribution is 0.0771. The highest BCUT2D eigenvalue weighted by atomic mass is 32.1. The summed E-state index contributed by atoms with van der Waals surface area (Å²) >= 11 is 1.05. The molecule has 5 nitrogen and oxygen atoms in total. The molecule has 0 aliphatic carbocycles. The average molecular weight is 187 g/mol. The highest BCUT2D eigenvalue weighted by molar-refractivity contribution is 7.07. The van der Waals surface area contributed by atoms with E-state index in [1.165, 1.54) is 11.1 Å². The number of likely N-dealkylation sites (N-methyl/N-ethyl adjacent to an activating group) is 1. The molecule has 0 saturated carbocycles. The minimum absolute atomic E-state index is 0.0333. The largest absolute Gasteiger partial charge is 0.395 e. The fraction of sp³-hybridized carbons (Fsp3) is 0.500. The van der Waals surface area contributed by atoms with Gasteiger partial charge in [0.15, 0.2) is 0 Å². The number of carbonyl (C=O) groups is 1. The maximum atomic E-state index is 11.3. The maximum Gasteiger partial charge on any atom is 0.267 e. The van der Waals surface area contributed by atoms with Gasteiger partial charge in [-0.05, 0) is 11.5 Å². The van der Waals surface area contributed by atoms with Crippen LogP contribution in [0.3, 0.4) is 0 Å². The highest BCUT2D eigenvalue weighted by Gasteiger charge is 2.12. The molecule has 1 aromatic heterocycles. The monoisotopic (exact) mass is 187 g/mol. The Labute approximate surface area is 73.8 Å². The molecule has 0 bridgehead atoms. The van der Waals surface area contributed by atoms with Crippen LogP contribution in [0.2, 0.25) is 0 Å². The second kappa shape index (κ2) is 4.13. The molecule has 0 unspecified atom stereocenters. The number of rotatable bonds is 3. The number of hydrogen-bond donors (Lipinski definition) is 1. The summed E-state index contributed by atoms with van der Waals surface area (Å²) in [4.78, 5) is 13.3. The molecule has 0 saturated heterocycles. The van der Waals surface area contributed by atoms with Crippen LogP contribution in [0.1, 0.15) is 9.67 Å². The second-order valence-corrected chi connectivity index (χ2v) is 3.02. The van der Waals surface area contributed by atoms with Gasteiger partial charge in [0, 0.05) is 13.6 Å². The third-order valence-corrected chi connectivity index (χ3v) is 2.01. The Morgan fingerprint density at radius 2 is 2.58 bits per heavy atom. The van der Waals surface area contributed by atoms with Gasteiger partial charge in [0.1, 0.15) is 4.88 Å². The van der Waals surface area contributed by atoms with Crippen LogP contribution in [0.4, 0.5) is 0 Å². The number of nitrogens with zero attached hydrogens (tertiary/aromatic N) is 3. The van der Waals surface area contributed by atoms with Crippen molar-refractivity contribution in [2.24, 2.45) is 0 Å². The van der Waals surface area contributed by atoms with Crippen LogP contribution in [0, 0.1) is 0 Å². The van der Waals surface area contributed by atoms with Gasteiger partial charge in [-0.2, -0.15) is 0 Å². The summed E-state index contributed by atoms with van der Waals surface area (Å²) in [5, 5.41) is 12.1. The molecule has 1 aromatic rings. The Bertz CT molecular complexity index is 249. The number of aliphatic hydroxyl groups is 1. The van der Waals surface area contributed by atoms with Crippen molar-refractivity contribution in [2.75, 3.05) is 20.2 Å². The van der Waals surface area contributed by atoms with Crippen molar-refractivity contribution >= 4 is 17.4 Å². The predicted octanol–water partition coefficient (Wildman–Crippen LogP) is -0.398. The van der Waals surface area contributed by atoms with Crippen LogP contribution in [0.25, 0.3) is 0 Å². The summed E-state index contributed by atoms with van der Waals surface area (Å²) in [5.41, 5.74) is 0. The van der Waals surface area contributed by atoms with Crippen molar-refractivity contribution < 1.29 is 9.90 Å². The molecule has 1 heterocycles. The number of amides is 1. The smallest absolute Gasteiger partial charge is 0.267 e. The van der Waals surface area contributed by atoms with Crippen molar-refractivity contribution in [3.63, 3.8) is 0 Å². The summed E-state index contributed by atoms with van der Waals surface area (Å²) in [6.45, 7) is 0.297. The lowest BCUT2D eigenvalue weighted by Gasteiger charge is -2.12. The Hall–Kier alpha value is -1.01. The molecule has 0 aromatic carbocycles. The predicted molar refractivity (Wildman–Crippen MR) is 44.0 cm³/mol. The first-order valence-electron chi connectivity index (χ1n) is 3.39. The first-order chi connectivity index (χ1) is 5.75. The standard InChI is InChI=1S/C6H9N3O2S/c1-9(2-3-10)6(11)5-4-7-8-12-5/h4,10H,2-3H2,1H3. The Balaban J connectivity index is 2.59. The highest BCUT2D eigenvalue weighted by Crippen LogP contribution is 2.04. The van der Waals surface area contributed by atoms with Crippen molar-refractivity contribution in [1.29, 1.82) is 0 Å². The van der Waals surface area contributed by atoms with Crippen LogP contribution < -0.4 is 0 Å². The first-order valence-corrected chi connectivity index (χ1v) is 4.16. The molecule has 1 N–H and O–H groups in total. The minimum atomic E-state index is -0.154. The zero-order chi connectivity index (χ0) is 8.97. The normalized spacial score (nSPS) is 9.83. The minimum Gasteiger partial charge on any atom is -0.395 e. The van der Waals surface area contributed by atoms with E-state index in [1.807, 2.05) is 0 Å². The molecule has 0 spiro atoms. The van der Waals surface area contributed by atoms with Gasteiger partial charge in [0.2, 0.25) is 0 Å². The maximum absolute atomic E-state index is 11.3. The molecule has 12 heavy (non-hydrogen) atoms. The molecule has 0 aliphatic heterocycles. The Morgan fingerprint density at radius 3 is 3.08 bits per heavy atom. The van der Waals surface area contributed by atoms with Crippen LogP contribution >= 0.6 is 11.5 Å². The molecule has 6 heteroatoms. The number of aliphatic hydroxyl groups excluding tert-OH is 1. The van der Waals surface area contributed by atoms with Gasteiger partial charge >= 0.3 is 0 Å². The van der Waals surface area contributed by atoms with Crippen molar-refractivity contribution in [1.82, 2.24) is 14.5 Å². The van der Waals surface area contributed by atoms with E-state index >= 15 is 0 Å². The van der Waals surface area contributed by atoms with Gasteiger partial charge in [-0.1, -0.05) is 4.49 Å². The summed E-state index contributed by atoms with van der Waals surface area (Å²) in [5.74, 6) is -0.154. The zero-order valence-corrected chi connectivity index (χ0v) is 7.41. The number of aromatic nitrogens is 2. The number of hydrogen-bond acceptors (Lipinski definition) is 5.